The monoisotopic (exact) mass is 264 g/mol. The number of amides is 1. The number of likely N-dealkylation sites (N-methyl/N-ethyl adjacent to an activating group) is 1. The molecule has 0 bridgehead atoms. The molecule has 104 valence electrons. The number of carbonyl (C=O) groups is 1. The van der Waals surface area contributed by atoms with Crippen molar-refractivity contribution in [3.05, 3.63) is 23.8 Å². The summed E-state index contributed by atoms with van der Waals surface area (Å²) in [6, 6.07) is 5.99. The Labute approximate surface area is 113 Å². The van der Waals surface area contributed by atoms with E-state index in [1.807, 2.05) is 30.1 Å². The summed E-state index contributed by atoms with van der Waals surface area (Å²) in [5.41, 5.74) is 6.32. The van der Waals surface area contributed by atoms with Crippen molar-refractivity contribution in [2.75, 3.05) is 33.4 Å². The average molecular weight is 264 g/mol. The zero-order valence-corrected chi connectivity index (χ0v) is 11.2. The van der Waals surface area contributed by atoms with Gasteiger partial charge >= 0.3 is 0 Å². The van der Waals surface area contributed by atoms with Crippen molar-refractivity contribution in [3.63, 3.8) is 0 Å². The highest BCUT2D eigenvalue weighted by molar-refractivity contribution is 5.75. The highest BCUT2D eigenvalue weighted by Gasteiger charge is 2.11. The molecule has 1 aliphatic rings. The minimum atomic E-state index is -0.304. The van der Waals surface area contributed by atoms with Gasteiger partial charge in [0.25, 0.3) is 0 Å². The van der Waals surface area contributed by atoms with Crippen LogP contribution in [0.5, 0.6) is 11.5 Å². The Morgan fingerprint density at radius 3 is 2.79 bits per heavy atom. The van der Waals surface area contributed by atoms with Crippen LogP contribution in [0.2, 0.25) is 0 Å². The molecule has 0 spiro atoms. The van der Waals surface area contributed by atoms with Crippen LogP contribution in [-0.4, -0.2) is 44.2 Å². The van der Waals surface area contributed by atoms with Gasteiger partial charge in [0.2, 0.25) is 5.91 Å². The van der Waals surface area contributed by atoms with Gasteiger partial charge < -0.3 is 15.2 Å². The van der Waals surface area contributed by atoms with Crippen LogP contribution in [0.4, 0.5) is 0 Å². The predicted molar refractivity (Wildman–Crippen MR) is 72.4 cm³/mol. The van der Waals surface area contributed by atoms with Gasteiger partial charge in [-0.15, -0.1) is 0 Å². The van der Waals surface area contributed by atoms with Crippen LogP contribution < -0.4 is 15.2 Å². The zero-order chi connectivity index (χ0) is 13.7. The topological polar surface area (TPSA) is 64.8 Å². The van der Waals surface area contributed by atoms with Crippen LogP contribution >= 0.6 is 0 Å². The molecule has 1 heterocycles. The molecule has 2 N–H and O–H groups in total. The maximum absolute atomic E-state index is 10.8. The van der Waals surface area contributed by atoms with E-state index >= 15 is 0 Å². The summed E-state index contributed by atoms with van der Waals surface area (Å²) in [5, 5.41) is 0. The molecule has 1 aromatic rings. The Balaban J connectivity index is 1.94. The highest BCUT2D eigenvalue weighted by atomic mass is 16.5. The molecular weight excluding hydrogens is 244 g/mol. The normalized spacial score (nSPS) is 14.2. The van der Waals surface area contributed by atoms with E-state index in [2.05, 4.69) is 0 Å². The van der Waals surface area contributed by atoms with Crippen molar-refractivity contribution in [1.82, 2.24) is 4.90 Å². The van der Waals surface area contributed by atoms with Gasteiger partial charge in [-0.2, -0.15) is 0 Å². The van der Waals surface area contributed by atoms with Gasteiger partial charge in [-0.05, 0) is 31.2 Å². The van der Waals surface area contributed by atoms with Crippen molar-refractivity contribution in [2.24, 2.45) is 5.73 Å². The first kappa shape index (κ1) is 13.7. The number of hydrogen-bond donors (Lipinski definition) is 1. The molecular formula is C14H20N2O3. The van der Waals surface area contributed by atoms with E-state index in [1.54, 1.807) is 0 Å². The van der Waals surface area contributed by atoms with E-state index in [0.29, 0.717) is 13.2 Å². The number of nitrogens with two attached hydrogens (primary N) is 1. The molecule has 2 rings (SSSR count). The molecule has 5 nitrogen and oxygen atoms in total. The number of hydrogen-bond acceptors (Lipinski definition) is 4. The van der Waals surface area contributed by atoms with E-state index in [0.717, 1.165) is 30.9 Å². The van der Waals surface area contributed by atoms with Gasteiger partial charge in [-0.1, -0.05) is 6.07 Å². The lowest BCUT2D eigenvalue weighted by atomic mass is 10.1. The predicted octanol–water partition coefficient (Wildman–Crippen LogP) is 0.807. The summed E-state index contributed by atoms with van der Waals surface area (Å²) in [7, 11) is 1.88. The smallest absolute Gasteiger partial charge is 0.231 e. The SMILES string of the molecule is CN(CCc1ccc2c(c1)OCCCO2)CC(N)=O. The summed E-state index contributed by atoms with van der Waals surface area (Å²) in [6.45, 7) is 2.46. The van der Waals surface area contributed by atoms with Gasteiger partial charge in [0.05, 0.1) is 19.8 Å². The number of rotatable bonds is 5. The van der Waals surface area contributed by atoms with Gasteiger partial charge in [0, 0.05) is 13.0 Å². The van der Waals surface area contributed by atoms with E-state index in [9.17, 15) is 4.79 Å². The second kappa shape index (κ2) is 6.43. The lowest BCUT2D eigenvalue weighted by molar-refractivity contribution is -0.118. The number of ether oxygens (including phenoxy) is 2. The van der Waals surface area contributed by atoms with Crippen LogP contribution in [-0.2, 0) is 11.2 Å². The van der Waals surface area contributed by atoms with E-state index < -0.39 is 0 Å². The highest BCUT2D eigenvalue weighted by Crippen LogP contribution is 2.30. The maximum atomic E-state index is 10.8. The number of benzene rings is 1. The Hall–Kier alpha value is -1.75. The third-order valence-corrected chi connectivity index (χ3v) is 3.02. The first-order valence-corrected chi connectivity index (χ1v) is 6.50. The minimum absolute atomic E-state index is 0.282. The summed E-state index contributed by atoms with van der Waals surface area (Å²) >= 11 is 0. The van der Waals surface area contributed by atoms with Crippen LogP contribution in [0.1, 0.15) is 12.0 Å². The molecule has 0 radical (unpaired) electrons. The van der Waals surface area contributed by atoms with Gasteiger partial charge in [0.15, 0.2) is 11.5 Å². The minimum Gasteiger partial charge on any atom is -0.490 e. The summed E-state index contributed by atoms with van der Waals surface area (Å²) in [4.78, 5) is 12.7. The maximum Gasteiger partial charge on any atom is 0.231 e. The van der Waals surface area contributed by atoms with E-state index in [-0.39, 0.29) is 12.5 Å². The van der Waals surface area contributed by atoms with Crippen molar-refractivity contribution in [1.29, 1.82) is 0 Å². The largest absolute Gasteiger partial charge is 0.490 e. The number of carbonyl (C=O) groups excluding carboxylic acids is 1. The first-order chi connectivity index (χ1) is 9.15. The number of nitrogens with zero attached hydrogens (tertiary/aromatic N) is 1. The van der Waals surface area contributed by atoms with Crippen LogP contribution in [0.3, 0.4) is 0 Å². The number of fused-ring (bicyclic) bond motifs is 1. The molecule has 0 fully saturated rings. The second-order valence-electron chi connectivity index (χ2n) is 4.79. The van der Waals surface area contributed by atoms with Gasteiger partial charge in [-0.3, -0.25) is 9.69 Å². The van der Waals surface area contributed by atoms with Crippen LogP contribution in [0.15, 0.2) is 18.2 Å². The van der Waals surface area contributed by atoms with Gasteiger partial charge in [0.1, 0.15) is 0 Å². The Morgan fingerprint density at radius 2 is 2.05 bits per heavy atom. The van der Waals surface area contributed by atoms with Gasteiger partial charge in [-0.25, -0.2) is 0 Å². The summed E-state index contributed by atoms with van der Waals surface area (Å²) in [5.74, 6) is 1.32. The fourth-order valence-electron chi connectivity index (χ4n) is 2.03. The molecule has 1 aliphatic heterocycles. The summed E-state index contributed by atoms with van der Waals surface area (Å²) in [6.07, 6.45) is 1.76. The van der Waals surface area contributed by atoms with Crippen molar-refractivity contribution in [3.8, 4) is 11.5 Å². The molecule has 1 aromatic carbocycles. The molecule has 0 aromatic heterocycles. The molecule has 19 heavy (non-hydrogen) atoms. The fourth-order valence-corrected chi connectivity index (χ4v) is 2.03. The average Bonchev–Trinajstić information content (AvgIpc) is 2.60. The third kappa shape index (κ3) is 4.13. The molecule has 1 amide bonds. The van der Waals surface area contributed by atoms with Crippen molar-refractivity contribution in [2.45, 2.75) is 12.8 Å². The lowest BCUT2D eigenvalue weighted by Crippen LogP contribution is -2.32. The Kier molecular flexibility index (Phi) is 4.63. The van der Waals surface area contributed by atoms with E-state index in [1.165, 1.54) is 5.56 Å². The summed E-state index contributed by atoms with van der Waals surface area (Å²) < 4.78 is 11.2. The zero-order valence-electron chi connectivity index (χ0n) is 11.2. The molecule has 0 atom stereocenters. The molecule has 0 saturated heterocycles. The van der Waals surface area contributed by atoms with Crippen molar-refractivity contribution >= 4 is 5.91 Å². The standard InChI is InChI=1S/C14H20N2O3/c1-16(10-14(15)17)6-5-11-3-4-12-13(9-11)19-8-2-7-18-12/h3-4,9H,2,5-8,10H2,1H3,(H2,15,17). The molecule has 0 unspecified atom stereocenters. The molecule has 5 heteroatoms. The third-order valence-electron chi connectivity index (χ3n) is 3.02. The Bertz CT molecular complexity index is 448. The Morgan fingerprint density at radius 1 is 1.32 bits per heavy atom. The van der Waals surface area contributed by atoms with Crippen LogP contribution in [0.25, 0.3) is 0 Å². The van der Waals surface area contributed by atoms with Crippen LogP contribution in [0, 0.1) is 0 Å². The van der Waals surface area contributed by atoms with E-state index in [4.69, 9.17) is 15.2 Å². The van der Waals surface area contributed by atoms with Crippen molar-refractivity contribution < 1.29 is 14.3 Å². The second-order valence-corrected chi connectivity index (χ2v) is 4.79. The molecule has 0 saturated carbocycles. The quantitative estimate of drug-likeness (QED) is 0.854. The lowest BCUT2D eigenvalue weighted by Gasteiger charge is -2.15. The first-order valence-electron chi connectivity index (χ1n) is 6.50. The molecule has 0 aliphatic carbocycles. The number of primary amides is 1. The fraction of sp³-hybridized carbons (Fsp3) is 0.500.